The molecule has 0 bridgehead atoms. The van der Waals surface area contributed by atoms with Gasteiger partial charge in [-0.05, 0) is 13.8 Å². The van der Waals surface area contributed by atoms with Gasteiger partial charge in [-0.1, -0.05) is 35.4 Å². The first-order chi connectivity index (χ1) is 7.24. The van der Waals surface area contributed by atoms with Crippen molar-refractivity contribution in [2.75, 3.05) is 0 Å². The van der Waals surface area contributed by atoms with Crippen LogP contribution in [0.4, 0.5) is 0 Å². The van der Waals surface area contributed by atoms with Gasteiger partial charge in [-0.25, -0.2) is 0 Å². The van der Waals surface area contributed by atoms with E-state index < -0.39 is 0 Å². The second-order valence-corrected chi connectivity index (χ2v) is 3.97. The average molecular weight is 234 g/mol. The smallest absolute Gasteiger partial charge is 0.126 e. The topological polar surface area (TPSA) is 0 Å². The molecule has 0 radical (unpaired) electrons. The van der Waals surface area contributed by atoms with Crippen molar-refractivity contribution < 1.29 is 51.4 Å². The van der Waals surface area contributed by atoms with Crippen molar-refractivity contribution in [1.82, 2.24) is 0 Å². The van der Waals surface area contributed by atoms with E-state index in [9.17, 15) is 0 Å². The SMILES string of the molecule is Cc1ccc([CH-]c2ccc(C)cc2)cc1.[K+]. The first kappa shape index (κ1) is 14.0. The molecule has 0 fully saturated rings. The maximum Gasteiger partial charge on any atom is 1.00 e. The van der Waals surface area contributed by atoms with E-state index in [4.69, 9.17) is 0 Å². The minimum atomic E-state index is 0. The van der Waals surface area contributed by atoms with Crippen LogP contribution in [-0.4, -0.2) is 0 Å². The summed E-state index contributed by atoms with van der Waals surface area (Å²) in [6, 6.07) is 17.1. The quantitative estimate of drug-likeness (QED) is 0.535. The third-order valence-corrected chi connectivity index (χ3v) is 2.49. The van der Waals surface area contributed by atoms with E-state index >= 15 is 0 Å². The zero-order valence-electron chi connectivity index (χ0n) is 10.2. The summed E-state index contributed by atoms with van der Waals surface area (Å²) in [5.74, 6) is 0. The molecule has 0 aliphatic rings. The second-order valence-electron chi connectivity index (χ2n) is 3.97. The number of benzene rings is 2. The molecule has 0 nitrogen and oxygen atoms in total. The van der Waals surface area contributed by atoms with E-state index in [2.05, 4.69) is 68.8 Å². The van der Waals surface area contributed by atoms with Gasteiger partial charge in [-0.2, -0.15) is 0 Å². The molecule has 2 aromatic carbocycles. The Kier molecular flexibility index (Phi) is 5.80. The molecule has 0 atom stereocenters. The molecule has 0 heterocycles. The fourth-order valence-electron chi connectivity index (χ4n) is 1.52. The zero-order valence-corrected chi connectivity index (χ0v) is 13.3. The van der Waals surface area contributed by atoms with Gasteiger partial charge < -0.3 is 0 Å². The second kappa shape index (κ2) is 6.63. The molecule has 0 aromatic heterocycles. The van der Waals surface area contributed by atoms with Crippen LogP contribution in [-0.2, 0) is 0 Å². The Balaban J connectivity index is 0.00000128. The van der Waals surface area contributed by atoms with Crippen LogP contribution in [0.3, 0.4) is 0 Å². The minimum Gasteiger partial charge on any atom is -0.126 e. The molecule has 16 heavy (non-hydrogen) atoms. The van der Waals surface area contributed by atoms with Crippen LogP contribution in [0.5, 0.6) is 0 Å². The normalized spacial score (nSPS) is 9.38. The first-order valence-corrected chi connectivity index (χ1v) is 5.22. The fourth-order valence-corrected chi connectivity index (χ4v) is 1.52. The number of aryl methyl sites for hydroxylation is 2. The van der Waals surface area contributed by atoms with Crippen LogP contribution in [0.15, 0.2) is 48.5 Å². The van der Waals surface area contributed by atoms with E-state index in [-0.39, 0.29) is 51.4 Å². The zero-order chi connectivity index (χ0) is 10.7. The summed E-state index contributed by atoms with van der Waals surface area (Å²) < 4.78 is 0. The standard InChI is InChI=1S/C15H15.K/c1-12-3-7-14(8-4-12)11-15-9-5-13(2)6-10-15;/h3-11H,1-2H3;/q-1;+1. The van der Waals surface area contributed by atoms with Crippen molar-refractivity contribution in [3.8, 4) is 0 Å². The van der Waals surface area contributed by atoms with Crippen LogP contribution >= 0.6 is 0 Å². The van der Waals surface area contributed by atoms with E-state index in [1.54, 1.807) is 0 Å². The van der Waals surface area contributed by atoms with Gasteiger partial charge in [0.2, 0.25) is 0 Å². The molecule has 0 saturated carbocycles. The van der Waals surface area contributed by atoms with E-state index in [0.717, 1.165) is 0 Å². The summed E-state index contributed by atoms with van der Waals surface area (Å²) in [4.78, 5) is 0. The van der Waals surface area contributed by atoms with Crippen LogP contribution in [0.2, 0.25) is 0 Å². The molecule has 0 unspecified atom stereocenters. The Labute approximate surface area is 141 Å². The summed E-state index contributed by atoms with van der Waals surface area (Å²) in [7, 11) is 0. The molecule has 1 heteroatoms. The fraction of sp³-hybridized carbons (Fsp3) is 0.133. The molecule has 0 spiro atoms. The first-order valence-electron chi connectivity index (χ1n) is 5.22. The molecule has 76 valence electrons. The van der Waals surface area contributed by atoms with E-state index in [1.165, 1.54) is 22.3 Å². The predicted octanol–water partition coefficient (Wildman–Crippen LogP) is 0.908. The third-order valence-electron chi connectivity index (χ3n) is 2.49. The van der Waals surface area contributed by atoms with Crippen molar-refractivity contribution in [2.24, 2.45) is 0 Å². The molecule has 0 N–H and O–H groups in total. The Morgan fingerprint density at radius 3 is 1.25 bits per heavy atom. The Bertz CT molecular complexity index is 382. The van der Waals surface area contributed by atoms with Gasteiger partial charge in [-0.15, -0.1) is 41.8 Å². The van der Waals surface area contributed by atoms with Gasteiger partial charge in [0, 0.05) is 0 Å². The molecule has 0 aliphatic heterocycles. The van der Waals surface area contributed by atoms with Crippen LogP contribution in [0.25, 0.3) is 0 Å². The van der Waals surface area contributed by atoms with Crippen molar-refractivity contribution in [3.05, 3.63) is 77.2 Å². The van der Waals surface area contributed by atoms with Crippen LogP contribution in [0.1, 0.15) is 22.3 Å². The van der Waals surface area contributed by atoms with Gasteiger partial charge in [0.15, 0.2) is 0 Å². The van der Waals surface area contributed by atoms with E-state index in [1.807, 2.05) is 0 Å². The van der Waals surface area contributed by atoms with Crippen molar-refractivity contribution in [2.45, 2.75) is 13.8 Å². The largest absolute Gasteiger partial charge is 1.00 e. The molecule has 0 amide bonds. The number of hydrogen-bond donors (Lipinski definition) is 0. The molecule has 0 aliphatic carbocycles. The molecule has 2 aromatic rings. The van der Waals surface area contributed by atoms with Gasteiger partial charge in [0.1, 0.15) is 0 Å². The molecule has 2 rings (SSSR count). The van der Waals surface area contributed by atoms with E-state index in [0.29, 0.717) is 0 Å². The third kappa shape index (κ3) is 4.08. The number of rotatable bonds is 2. The van der Waals surface area contributed by atoms with Crippen molar-refractivity contribution >= 4 is 0 Å². The van der Waals surface area contributed by atoms with Crippen LogP contribution in [0, 0.1) is 20.3 Å². The van der Waals surface area contributed by atoms with Gasteiger partial charge in [-0.3, -0.25) is 0 Å². The Hall–Kier alpha value is -0.0536. The van der Waals surface area contributed by atoms with Gasteiger partial charge >= 0.3 is 51.4 Å². The Morgan fingerprint density at radius 2 is 0.938 bits per heavy atom. The van der Waals surface area contributed by atoms with Crippen molar-refractivity contribution in [1.29, 1.82) is 0 Å². The predicted molar refractivity (Wildman–Crippen MR) is 64.9 cm³/mol. The Morgan fingerprint density at radius 1 is 0.625 bits per heavy atom. The monoisotopic (exact) mass is 234 g/mol. The van der Waals surface area contributed by atoms with Gasteiger partial charge in [0.25, 0.3) is 0 Å². The van der Waals surface area contributed by atoms with Crippen molar-refractivity contribution in [3.63, 3.8) is 0 Å². The molecule has 0 saturated heterocycles. The average Bonchev–Trinajstić information content (AvgIpc) is 2.25. The summed E-state index contributed by atoms with van der Waals surface area (Å²) in [6.45, 7) is 4.21. The maximum atomic E-state index is 2.19. The minimum absolute atomic E-state index is 0. The number of hydrogen-bond acceptors (Lipinski definition) is 0. The molecular formula is C15H15K. The van der Waals surface area contributed by atoms with Gasteiger partial charge in [0.05, 0.1) is 0 Å². The summed E-state index contributed by atoms with van der Waals surface area (Å²) in [6.07, 6.45) is 2.19. The maximum absolute atomic E-state index is 2.19. The summed E-state index contributed by atoms with van der Waals surface area (Å²) in [5.41, 5.74) is 5.11. The van der Waals surface area contributed by atoms with Crippen LogP contribution < -0.4 is 51.4 Å². The molecular weight excluding hydrogens is 219 g/mol. The summed E-state index contributed by atoms with van der Waals surface area (Å²) in [5, 5.41) is 0. The summed E-state index contributed by atoms with van der Waals surface area (Å²) >= 11 is 0.